The maximum Gasteiger partial charge on any atom is 0.220 e. The van der Waals surface area contributed by atoms with Crippen LogP contribution in [-0.2, 0) is 4.79 Å². The van der Waals surface area contributed by atoms with Gasteiger partial charge in [-0.15, -0.1) is 0 Å². The summed E-state index contributed by atoms with van der Waals surface area (Å²) < 4.78 is 0. The highest BCUT2D eigenvalue weighted by molar-refractivity contribution is 5.76. The Balaban J connectivity index is 3.43. The molecule has 334 valence electrons. The highest BCUT2D eigenvalue weighted by atomic mass is 16.3. The number of aliphatic hydroxyl groups excluding tert-OH is 2. The Labute approximate surface area is 356 Å². The van der Waals surface area contributed by atoms with E-state index in [2.05, 4.69) is 55.6 Å². The first-order valence-corrected chi connectivity index (χ1v) is 25.4. The molecule has 0 aromatic heterocycles. The first-order valence-electron chi connectivity index (χ1n) is 25.4. The smallest absolute Gasteiger partial charge is 0.220 e. The van der Waals surface area contributed by atoms with Crippen LogP contribution in [0.25, 0.3) is 0 Å². The lowest BCUT2D eigenvalue weighted by Crippen LogP contribution is -2.45. The fourth-order valence-electron chi connectivity index (χ4n) is 7.64. The van der Waals surface area contributed by atoms with Crippen LogP contribution in [0.3, 0.4) is 0 Å². The first-order chi connectivity index (χ1) is 28.2. The van der Waals surface area contributed by atoms with Crippen molar-refractivity contribution >= 4 is 5.91 Å². The van der Waals surface area contributed by atoms with E-state index < -0.39 is 12.1 Å². The second kappa shape index (κ2) is 48.7. The molecule has 2 atom stereocenters. The number of hydrogen-bond donors (Lipinski definition) is 3. The molecule has 0 heterocycles. The first kappa shape index (κ1) is 55.4. The van der Waals surface area contributed by atoms with Gasteiger partial charge in [0.25, 0.3) is 0 Å². The molecule has 0 aromatic rings. The molecule has 1 amide bonds. The molecule has 0 aliphatic rings. The Morgan fingerprint density at radius 1 is 0.421 bits per heavy atom. The molecule has 0 spiro atoms. The minimum Gasteiger partial charge on any atom is -0.394 e. The van der Waals surface area contributed by atoms with Crippen LogP contribution in [0, 0.1) is 0 Å². The lowest BCUT2D eigenvalue weighted by atomic mass is 10.0. The molecule has 0 saturated heterocycles. The number of allylic oxidation sites excluding steroid dienone is 7. The number of aliphatic hydroxyl groups is 2. The van der Waals surface area contributed by atoms with Crippen molar-refractivity contribution < 1.29 is 15.0 Å². The normalized spacial score (nSPS) is 13.3. The summed E-state index contributed by atoms with van der Waals surface area (Å²) in [5.74, 6) is -0.0746. The Hall–Kier alpha value is -1.65. The molecule has 4 heteroatoms. The fraction of sp³-hybridized carbons (Fsp3) is 0.830. The lowest BCUT2D eigenvalue weighted by Gasteiger charge is -2.19. The molecule has 0 aromatic carbocycles. The van der Waals surface area contributed by atoms with E-state index >= 15 is 0 Å². The highest BCUT2D eigenvalue weighted by Gasteiger charge is 2.17. The van der Waals surface area contributed by atoms with Crippen LogP contribution in [0.15, 0.2) is 48.6 Å². The van der Waals surface area contributed by atoms with Gasteiger partial charge in [0.1, 0.15) is 0 Å². The Morgan fingerprint density at radius 3 is 1.14 bits per heavy atom. The zero-order chi connectivity index (χ0) is 41.4. The van der Waals surface area contributed by atoms with Crippen molar-refractivity contribution in [1.29, 1.82) is 0 Å². The third-order valence-electron chi connectivity index (χ3n) is 11.5. The van der Waals surface area contributed by atoms with Crippen molar-refractivity contribution in [3.63, 3.8) is 0 Å². The molecule has 0 aliphatic carbocycles. The molecule has 57 heavy (non-hydrogen) atoms. The van der Waals surface area contributed by atoms with Crippen molar-refractivity contribution in [3.8, 4) is 0 Å². The SMILES string of the molecule is CCCCCC/C=C/CC/C=C/C(O)C(CO)NC(=O)CCCCCCCCCCCCCCCCCCC/C=C\C/C=C\CCCCCCCCCCCCC. The molecular formula is C53H99NO3. The van der Waals surface area contributed by atoms with Gasteiger partial charge < -0.3 is 15.5 Å². The zero-order valence-electron chi connectivity index (χ0n) is 38.4. The van der Waals surface area contributed by atoms with Crippen LogP contribution in [0.5, 0.6) is 0 Å². The summed E-state index contributed by atoms with van der Waals surface area (Å²) in [5, 5.41) is 22.9. The van der Waals surface area contributed by atoms with Crippen molar-refractivity contribution in [2.24, 2.45) is 0 Å². The lowest BCUT2D eigenvalue weighted by molar-refractivity contribution is -0.123. The van der Waals surface area contributed by atoms with E-state index in [1.165, 1.54) is 205 Å². The zero-order valence-corrected chi connectivity index (χ0v) is 38.4. The van der Waals surface area contributed by atoms with E-state index in [9.17, 15) is 15.0 Å². The van der Waals surface area contributed by atoms with Gasteiger partial charge in [0, 0.05) is 6.42 Å². The summed E-state index contributed by atoms with van der Waals surface area (Å²) in [6, 6.07) is -0.637. The van der Waals surface area contributed by atoms with Gasteiger partial charge >= 0.3 is 0 Å². The topological polar surface area (TPSA) is 69.6 Å². The second-order valence-corrected chi connectivity index (χ2v) is 17.2. The molecule has 0 radical (unpaired) electrons. The summed E-state index contributed by atoms with van der Waals surface area (Å²) in [4.78, 5) is 12.4. The third-order valence-corrected chi connectivity index (χ3v) is 11.5. The predicted octanol–water partition coefficient (Wildman–Crippen LogP) is 16.3. The number of carbonyl (C=O) groups is 1. The molecule has 0 aliphatic heterocycles. The van der Waals surface area contributed by atoms with E-state index in [4.69, 9.17) is 0 Å². The Morgan fingerprint density at radius 2 is 0.737 bits per heavy atom. The van der Waals surface area contributed by atoms with E-state index in [0.29, 0.717) is 6.42 Å². The number of hydrogen-bond acceptors (Lipinski definition) is 3. The van der Waals surface area contributed by atoms with Crippen LogP contribution in [0.1, 0.15) is 264 Å². The van der Waals surface area contributed by atoms with Crippen molar-refractivity contribution in [1.82, 2.24) is 5.32 Å². The summed E-state index contributed by atoms with van der Waals surface area (Å²) in [7, 11) is 0. The van der Waals surface area contributed by atoms with Crippen molar-refractivity contribution in [2.45, 2.75) is 276 Å². The number of nitrogens with one attached hydrogen (secondary N) is 1. The van der Waals surface area contributed by atoms with Gasteiger partial charge in [-0.2, -0.15) is 0 Å². The molecule has 4 nitrogen and oxygen atoms in total. The van der Waals surface area contributed by atoms with E-state index in [1.807, 2.05) is 6.08 Å². The van der Waals surface area contributed by atoms with Gasteiger partial charge in [0.15, 0.2) is 0 Å². The largest absolute Gasteiger partial charge is 0.394 e. The quantitative estimate of drug-likeness (QED) is 0.0424. The van der Waals surface area contributed by atoms with Gasteiger partial charge in [0.2, 0.25) is 5.91 Å². The van der Waals surface area contributed by atoms with E-state index in [1.54, 1.807) is 6.08 Å². The predicted molar refractivity (Wildman–Crippen MR) is 253 cm³/mol. The molecule has 3 N–H and O–H groups in total. The standard InChI is InChI=1S/C53H99NO3/c1-3-5-7-9-11-13-15-16-17-18-19-20-21-22-23-24-25-26-27-28-29-30-31-32-33-34-35-36-37-38-39-41-43-45-47-49-53(57)54-51(50-55)52(56)48-46-44-42-40-14-12-10-8-6-4-2/h14,21-22,24-25,40,46,48,51-52,55-56H,3-13,15-20,23,26-39,41-45,47,49-50H2,1-2H3,(H,54,57)/b22-21-,25-24-,40-14+,48-46+. The van der Waals surface area contributed by atoms with Gasteiger partial charge in [-0.1, -0.05) is 242 Å². The van der Waals surface area contributed by atoms with Crippen LogP contribution in [0.2, 0.25) is 0 Å². The monoisotopic (exact) mass is 798 g/mol. The summed E-state index contributed by atoms with van der Waals surface area (Å²) in [6.45, 7) is 4.27. The number of carbonyl (C=O) groups excluding carboxylic acids is 1. The maximum absolute atomic E-state index is 12.4. The van der Waals surface area contributed by atoms with Crippen LogP contribution in [-0.4, -0.2) is 34.9 Å². The highest BCUT2D eigenvalue weighted by Crippen LogP contribution is 2.16. The number of unbranched alkanes of at least 4 members (excludes halogenated alkanes) is 33. The van der Waals surface area contributed by atoms with Gasteiger partial charge in [0.05, 0.1) is 18.8 Å². The van der Waals surface area contributed by atoms with Gasteiger partial charge in [-0.25, -0.2) is 0 Å². The minimum absolute atomic E-state index is 0.0746. The van der Waals surface area contributed by atoms with Gasteiger partial charge in [-0.3, -0.25) is 4.79 Å². The van der Waals surface area contributed by atoms with E-state index in [-0.39, 0.29) is 12.5 Å². The minimum atomic E-state index is -0.860. The summed E-state index contributed by atoms with van der Waals surface area (Å²) >= 11 is 0. The number of amides is 1. The van der Waals surface area contributed by atoms with Crippen molar-refractivity contribution in [2.75, 3.05) is 6.61 Å². The van der Waals surface area contributed by atoms with Crippen molar-refractivity contribution in [3.05, 3.63) is 48.6 Å². The average molecular weight is 798 g/mol. The van der Waals surface area contributed by atoms with E-state index in [0.717, 1.165) is 38.5 Å². The fourth-order valence-corrected chi connectivity index (χ4v) is 7.64. The molecular weight excluding hydrogens is 699 g/mol. The maximum atomic E-state index is 12.4. The Bertz CT molecular complexity index is 908. The van der Waals surface area contributed by atoms with Gasteiger partial charge in [-0.05, 0) is 64.2 Å². The summed E-state index contributed by atoms with van der Waals surface area (Å²) in [6.07, 6.45) is 67.0. The molecule has 0 bridgehead atoms. The average Bonchev–Trinajstić information content (AvgIpc) is 3.22. The Kier molecular flexibility index (Phi) is 47.3. The molecule has 0 saturated carbocycles. The van der Waals surface area contributed by atoms with Crippen LogP contribution < -0.4 is 5.32 Å². The third kappa shape index (κ3) is 45.3. The van der Waals surface area contributed by atoms with Crippen LogP contribution in [0.4, 0.5) is 0 Å². The number of rotatable bonds is 46. The molecule has 2 unspecified atom stereocenters. The molecule has 0 fully saturated rings. The molecule has 0 rings (SSSR count). The second-order valence-electron chi connectivity index (χ2n) is 17.2. The summed E-state index contributed by atoms with van der Waals surface area (Å²) in [5.41, 5.74) is 0. The van der Waals surface area contributed by atoms with Crippen LogP contribution >= 0.6 is 0 Å².